The third-order valence-electron chi connectivity index (χ3n) is 5.53. The van der Waals surface area contributed by atoms with Crippen LogP contribution in [0.1, 0.15) is 50.8 Å². The molecule has 0 saturated heterocycles. The number of carbonyl (C=O) groups is 2. The number of benzene rings is 2. The molecular formula is C25H33BrN2O3. The van der Waals surface area contributed by atoms with E-state index in [4.69, 9.17) is 4.74 Å². The molecule has 2 aromatic carbocycles. The first kappa shape index (κ1) is 24.9. The van der Waals surface area contributed by atoms with Crippen molar-refractivity contribution in [3.8, 4) is 5.75 Å². The van der Waals surface area contributed by atoms with Crippen molar-refractivity contribution in [1.29, 1.82) is 0 Å². The van der Waals surface area contributed by atoms with E-state index in [1.165, 1.54) is 5.56 Å². The largest absolute Gasteiger partial charge is 0.483 e. The highest BCUT2D eigenvalue weighted by Gasteiger charge is 2.27. The van der Waals surface area contributed by atoms with E-state index in [2.05, 4.69) is 28.2 Å². The first-order chi connectivity index (χ1) is 14.8. The van der Waals surface area contributed by atoms with Gasteiger partial charge in [-0.2, -0.15) is 0 Å². The highest BCUT2D eigenvalue weighted by atomic mass is 79.9. The fourth-order valence-electron chi connectivity index (χ4n) is 3.12. The van der Waals surface area contributed by atoms with Crippen molar-refractivity contribution >= 4 is 27.7 Å². The fourth-order valence-corrected chi connectivity index (χ4v) is 3.66. The lowest BCUT2D eigenvalue weighted by atomic mass is 10.1. The maximum Gasteiger partial charge on any atom is 0.261 e. The zero-order chi connectivity index (χ0) is 23.0. The summed E-state index contributed by atoms with van der Waals surface area (Å²) < 4.78 is 6.62. The van der Waals surface area contributed by atoms with E-state index in [1.807, 2.05) is 63.2 Å². The molecule has 0 spiro atoms. The molecule has 31 heavy (non-hydrogen) atoms. The average Bonchev–Trinajstić information content (AvgIpc) is 2.76. The molecule has 1 N–H and O–H groups in total. The predicted octanol–water partition coefficient (Wildman–Crippen LogP) is 5.03. The molecule has 2 aromatic rings. The Morgan fingerprint density at radius 3 is 2.45 bits per heavy atom. The standard InChI is InChI=1S/C25H33BrN2O3/c1-6-18(4)27-25(30)19(5)28(15-21-11-9-8-10-17(21)3)24(29)16-31-23-13-12-20(7-2)14-22(23)26/h8-14,18-19H,6-7,15-16H2,1-5H3,(H,27,30)/t18-,19-/m0/s1. The van der Waals surface area contributed by atoms with Crippen molar-refractivity contribution in [2.24, 2.45) is 0 Å². The second kappa shape index (κ2) is 11.9. The Kier molecular flexibility index (Phi) is 9.56. The van der Waals surface area contributed by atoms with Gasteiger partial charge in [-0.3, -0.25) is 9.59 Å². The van der Waals surface area contributed by atoms with Gasteiger partial charge in [0.05, 0.1) is 4.47 Å². The minimum absolute atomic E-state index is 0.0506. The van der Waals surface area contributed by atoms with Crippen molar-refractivity contribution in [3.63, 3.8) is 0 Å². The van der Waals surface area contributed by atoms with Crippen LogP contribution in [0.5, 0.6) is 5.75 Å². The van der Waals surface area contributed by atoms with Crippen LogP contribution in [0.3, 0.4) is 0 Å². The maximum atomic E-state index is 13.2. The molecule has 0 fully saturated rings. The number of halogens is 1. The molecule has 0 aromatic heterocycles. The zero-order valence-corrected chi connectivity index (χ0v) is 20.7. The molecule has 0 aliphatic heterocycles. The molecule has 0 radical (unpaired) electrons. The summed E-state index contributed by atoms with van der Waals surface area (Å²) in [5.41, 5.74) is 3.27. The smallest absolute Gasteiger partial charge is 0.261 e. The minimum atomic E-state index is -0.615. The number of carbonyl (C=O) groups excluding carboxylic acids is 2. The van der Waals surface area contributed by atoms with Crippen LogP contribution in [0.4, 0.5) is 0 Å². The molecule has 0 aliphatic carbocycles. The van der Waals surface area contributed by atoms with Gasteiger partial charge >= 0.3 is 0 Å². The van der Waals surface area contributed by atoms with E-state index in [1.54, 1.807) is 11.8 Å². The van der Waals surface area contributed by atoms with Crippen LogP contribution in [0.25, 0.3) is 0 Å². The quantitative estimate of drug-likeness (QED) is 0.509. The number of amides is 2. The van der Waals surface area contributed by atoms with Gasteiger partial charge in [0.1, 0.15) is 11.8 Å². The van der Waals surface area contributed by atoms with Crippen LogP contribution in [0, 0.1) is 6.92 Å². The Morgan fingerprint density at radius 2 is 1.84 bits per heavy atom. The molecular weight excluding hydrogens is 456 g/mol. The monoisotopic (exact) mass is 488 g/mol. The molecule has 0 unspecified atom stereocenters. The van der Waals surface area contributed by atoms with Crippen LogP contribution in [-0.2, 0) is 22.6 Å². The first-order valence-corrected chi connectivity index (χ1v) is 11.6. The molecule has 6 heteroatoms. The van der Waals surface area contributed by atoms with Gasteiger partial charge in [0.2, 0.25) is 5.91 Å². The molecule has 0 heterocycles. The van der Waals surface area contributed by atoms with Gasteiger partial charge in [0, 0.05) is 12.6 Å². The molecule has 168 valence electrons. The van der Waals surface area contributed by atoms with E-state index >= 15 is 0 Å². The van der Waals surface area contributed by atoms with Gasteiger partial charge in [0.25, 0.3) is 5.91 Å². The summed E-state index contributed by atoms with van der Waals surface area (Å²) in [4.78, 5) is 27.5. The summed E-state index contributed by atoms with van der Waals surface area (Å²) in [7, 11) is 0. The number of nitrogens with one attached hydrogen (secondary N) is 1. The van der Waals surface area contributed by atoms with Crippen molar-refractivity contribution in [2.45, 2.75) is 66.1 Å². The number of hydrogen-bond acceptors (Lipinski definition) is 3. The van der Waals surface area contributed by atoms with Crippen LogP contribution in [0.2, 0.25) is 0 Å². The Bertz CT molecular complexity index is 900. The third kappa shape index (κ3) is 7.10. The van der Waals surface area contributed by atoms with Gasteiger partial charge in [-0.15, -0.1) is 0 Å². The Balaban J connectivity index is 2.19. The van der Waals surface area contributed by atoms with Crippen LogP contribution < -0.4 is 10.1 Å². The molecule has 5 nitrogen and oxygen atoms in total. The number of rotatable bonds is 10. The second-order valence-corrected chi connectivity index (χ2v) is 8.70. The van der Waals surface area contributed by atoms with E-state index in [0.29, 0.717) is 12.3 Å². The lowest BCUT2D eigenvalue weighted by molar-refractivity contribution is -0.142. The van der Waals surface area contributed by atoms with Crippen LogP contribution in [-0.4, -0.2) is 35.4 Å². The minimum Gasteiger partial charge on any atom is -0.483 e. The molecule has 0 saturated carbocycles. The van der Waals surface area contributed by atoms with Crippen molar-refractivity contribution in [2.75, 3.05) is 6.61 Å². The van der Waals surface area contributed by atoms with E-state index in [9.17, 15) is 9.59 Å². The summed E-state index contributed by atoms with van der Waals surface area (Å²) >= 11 is 3.51. The Hall–Kier alpha value is -2.34. The summed E-state index contributed by atoms with van der Waals surface area (Å²) in [6, 6.07) is 13.2. The predicted molar refractivity (Wildman–Crippen MR) is 128 cm³/mol. The normalized spacial score (nSPS) is 12.7. The van der Waals surface area contributed by atoms with Gasteiger partial charge in [0.15, 0.2) is 6.61 Å². The highest BCUT2D eigenvalue weighted by Crippen LogP contribution is 2.26. The van der Waals surface area contributed by atoms with Crippen LogP contribution in [0.15, 0.2) is 46.9 Å². The van der Waals surface area contributed by atoms with Gasteiger partial charge in [-0.05, 0) is 78.4 Å². The second-order valence-electron chi connectivity index (χ2n) is 7.85. The number of hydrogen-bond donors (Lipinski definition) is 1. The number of aryl methyl sites for hydroxylation is 2. The lowest BCUT2D eigenvalue weighted by Gasteiger charge is -2.30. The molecule has 0 bridgehead atoms. The topological polar surface area (TPSA) is 58.6 Å². The van der Waals surface area contributed by atoms with E-state index in [0.717, 1.165) is 28.4 Å². The lowest BCUT2D eigenvalue weighted by Crippen LogP contribution is -2.50. The third-order valence-corrected chi connectivity index (χ3v) is 6.15. The fraction of sp³-hybridized carbons (Fsp3) is 0.440. The summed E-state index contributed by atoms with van der Waals surface area (Å²) in [5.74, 6) is 0.212. The Morgan fingerprint density at radius 1 is 1.13 bits per heavy atom. The maximum absolute atomic E-state index is 13.2. The van der Waals surface area contributed by atoms with E-state index < -0.39 is 6.04 Å². The van der Waals surface area contributed by atoms with Crippen molar-refractivity contribution < 1.29 is 14.3 Å². The number of ether oxygens (including phenoxy) is 1. The zero-order valence-electron chi connectivity index (χ0n) is 19.1. The molecule has 2 atom stereocenters. The van der Waals surface area contributed by atoms with Crippen molar-refractivity contribution in [1.82, 2.24) is 10.2 Å². The van der Waals surface area contributed by atoms with Gasteiger partial charge in [-0.1, -0.05) is 44.2 Å². The van der Waals surface area contributed by atoms with Gasteiger partial charge < -0.3 is 15.0 Å². The van der Waals surface area contributed by atoms with Crippen molar-refractivity contribution in [3.05, 3.63) is 63.6 Å². The SMILES string of the molecule is CCc1ccc(OCC(=O)N(Cc2ccccc2C)[C@@H](C)C(=O)N[C@@H](C)CC)c(Br)c1. The first-order valence-electron chi connectivity index (χ1n) is 10.8. The van der Waals surface area contributed by atoms with Crippen LogP contribution >= 0.6 is 15.9 Å². The number of nitrogens with zero attached hydrogens (tertiary/aromatic N) is 1. The molecule has 2 rings (SSSR count). The summed E-state index contributed by atoms with van der Waals surface area (Å²) in [6.45, 7) is 10.0. The van der Waals surface area contributed by atoms with Gasteiger partial charge in [-0.25, -0.2) is 0 Å². The highest BCUT2D eigenvalue weighted by molar-refractivity contribution is 9.10. The summed E-state index contributed by atoms with van der Waals surface area (Å²) in [5, 5.41) is 2.98. The van der Waals surface area contributed by atoms with E-state index in [-0.39, 0.29) is 24.5 Å². The molecule has 0 aliphatic rings. The molecule has 2 amide bonds. The average molecular weight is 489 g/mol. The Labute approximate surface area is 194 Å². The summed E-state index contributed by atoms with van der Waals surface area (Å²) in [6.07, 6.45) is 1.75.